The molecule has 1 aromatic heterocycles. The highest BCUT2D eigenvalue weighted by Crippen LogP contribution is 2.24. The van der Waals surface area contributed by atoms with Crippen LogP contribution in [0.15, 0.2) is 84.9 Å². The van der Waals surface area contributed by atoms with Crippen molar-refractivity contribution in [3.05, 3.63) is 102 Å². The van der Waals surface area contributed by atoms with Gasteiger partial charge in [-0.3, -0.25) is 9.89 Å². The number of benzene rings is 3. The molecule has 1 heterocycles. The van der Waals surface area contributed by atoms with Gasteiger partial charge in [0, 0.05) is 17.8 Å². The first kappa shape index (κ1) is 16.1. The highest BCUT2D eigenvalue weighted by atomic mass is 16.1. The van der Waals surface area contributed by atoms with E-state index in [4.69, 9.17) is 0 Å². The largest absolute Gasteiger partial charge is 0.350 e. The van der Waals surface area contributed by atoms with Crippen molar-refractivity contribution < 1.29 is 4.79 Å². The lowest BCUT2D eigenvalue weighted by atomic mass is 9.91. The molecule has 0 fully saturated rings. The molecular formula is C22H19N3O. The minimum Gasteiger partial charge on any atom is -0.350 e. The third kappa shape index (κ3) is 3.22. The van der Waals surface area contributed by atoms with Gasteiger partial charge in [0.1, 0.15) is 0 Å². The molecule has 3 aromatic carbocycles. The van der Waals surface area contributed by atoms with Crippen LogP contribution in [0.3, 0.4) is 0 Å². The van der Waals surface area contributed by atoms with Crippen molar-refractivity contribution in [2.45, 2.75) is 5.92 Å². The van der Waals surface area contributed by atoms with Crippen LogP contribution in [0.25, 0.3) is 10.9 Å². The number of carbonyl (C=O) groups excluding carboxylic acids is 1. The molecular weight excluding hydrogens is 322 g/mol. The van der Waals surface area contributed by atoms with Crippen LogP contribution >= 0.6 is 0 Å². The van der Waals surface area contributed by atoms with Crippen molar-refractivity contribution in [3.63, 3.8) is 0 Å². The van der Waals surface area contributed by atoms with Crippen LogP contribution in [0.5, 0.6) is 0 Å². The van der Waals surface area contributed by atoms with Gasteiger partial charge in [0.05, 0.1) is 5.52 Å². The summed E-state index contributed by atoms with van der Waals surface area (Å²) in [5.41, 5.74) is 3.64. The van der Waals surface area contributed by atoms with Crippen LogP contribution in [-0.2, 0) is 0 Å². The first-order valence-electron chi connectivity index (χ1n) is 8.64. The van der Waals surface area contributed by atoms with Gasteiger partial charge in [-0.25, -0.2) is 0 Å². The van der Waals surface area contributed by atoms with E-state index < -0.39 is 0 Å². The quantitative estimate of drug-likeness (QED) is 0.573. The van der Waals surface area contributed by atoms with Crippen molar-refractivity contribution >= 4 is 16.8 Å². The van der Waals surface area contributed by atoms with Crippen molar-refractivity contribution in [2.75, 3.05) is 6.54 Å². The minimum absolute atomic E-state index is 0.0894. The second-order valence-electron chi connectivity index (χ2n) is 6.20. The Balaban J connectivity index is 1.58. The summed E-state index contributed by atoms with van der Waals surface area (Å²) in [5, 5.41) is 11.0. The third-order valence-electron chi connectivity index (χ3n) is 4.56. The number of nitrogens with zero attached hydrogens (tertiary/aromatic N) is 1. The van der Waals surface area contributed by atoms with Gasteiger partial charge >= 0.3 is 0 Å². The molecule has 4 nitrogen and oxygen atoms in total. The Morgan fingerprint density at radius 2 is 1.42 bits per heavy atom. The Labute approximate surface area is 151 Å². The maximum atomic E-state index is 12.7. The average molecular weight is 341 g/mol. The summed E-state index contributed by atoms with van der Waals surface area (Å²) >= 11 is 0. The number of nitrogens with one attached hydrogen (secondary N) is 2. The molecule has 0 spiro atoms. The monoisotopic (exact) mass is 341 g/mol. The van der Waals surface area contributed by atoms with Crippen molar-refractivity contribution in [1.29, 1.82) is 0 Å². The van der Waals surface area contributed by atoms with Gasteiger partial charge in [-0.1, -0.05) is 78.9 Å². The molecule has 1 amide bonds. The van der Waals surface area contributed by atoms with Crippen molar-refractivity contribution in [1.82, 2.24) is 15.5 Å². The van der Waals surface area contributed by atoms with Crippen LogP contribution in [0.2, 0.25) is 0 Å². The van der Waals surface area contributed by atoms with Gasteiger partial charge in [0.15, 0.2) is 5.69 Å². The van der Waals surface area contributed by atoms with Gasteiger partial charge in [-0.2, -0.15) is 5.10 Å². The molecule has 0 saturated heterocycles. The summed E-state index contributed by atoms with van der Waals surface area (Å²) in [7, 11) is 0. The Hall–Kier alpha value is -3.40. The van der Waals surface area contributed by atoms with E-state index in [9.17, 15) is 4.79 Å². The predicted molar refractivity (Wildman–Crippen MR) is 103 cm³/mol. The molecule has 0 unspecified atom stereocenters. The standard InChI is InChI=1S/C22H19N3O/c26-22(21-18-13-7-8-14-20(18)24-25-21)23-15-19(16-9-3-1-4-10-16)17-11-5-2-6-12-17/h1-14,19H,15H2,(H,23,26)(H,24,25). The SMILES string of the molecule is O=C(NCC(c1ccccc1)c1ccccc1)c1n[nH]c2ccccc12. The van der Waals surface area contributed by atoms with E-state index in [-0.39, 0.29) is 11.8 Å². The van der Waals surface area contributed by atoms with Gasteiger partial charge in [-0.15, -0.1) is 0 Å². The number of aromatic nitrogens is 2. The summed E-state index contributed by atoms with van der Waals surface area (Å²) < 4.78 is 0. The van der Waals surface area contributed by atoms with E-state index in [1.165, 1.54) is 11.1 Å². The van der Waals surface area contributed by atoms with Gasteiger partial charge in [0.25, 0.3) is 5.91 Å². The molecule has 0 bridgehead atoms. The van der Waals surface area contributed by atoms with Gasteiger partial charge in [0.2, 0.25) is 0 Å². The molecule has 2 N–H and O–H groups in total. The Bertz CT molecular complexity index is 970. The van der Waals surface area contributed by atoms with Crippen LogP contribution in [0.4, 0.5) is 0 Å². The number of amides is 1. The lowest BCUT2D eigenvalue weighted by Gasteiger charge is -2.18. The van der Waals surface area contributed by atoms with E-state index in [0.717, 1.165) is 10.9 Å². The highest BCUT2D eigenvalue weighted by molar-refractivity contribution is 6.04. The Morgan fingerprint density at radius 1 is 0.846 bits per heavy atom. The lowest BCUT2D eigenvalue weighted by molar-refractivity contribution is 0.0949. The van der Waals surface area contributed by atoms with E-state index in [1.807, 2.05) is 60.7 Å². The molecule has 4 aromatic rings. The second kappa shape index (κ2) is 7.23. The van der Waals surface area contributed by atoms with Gasteiger partial charge in [-0.05, 0) is 17.2 Å². The number of para-hydroxylation sites is 1. The van der Waals surface area contributed by atoms with Crippen LogP contribution in [-0.4, -0.2) is 22.6 Å². The molecule has 4 heteroatoms. The fourth-order valence-corrected chi connectivity index (χ4v) is 3.21. The highest BCUT2D eigenvalue weighted by Gasteiger charge is 2.18. The second-order valence-corrected chi connectivity index (χ2v) is 6.20. The maximum Gasteiger partial charge on any atom is 0.272 e. The topological polar surface area (TPSA) is 57.8 Å². The summed E-state index contributed by atoms with van der Waals surface area (Å²) in [6.07, 6.45) is 0. The number of rotatable bonds is 5. The molecule has 0 radical (unpaired) electrons. The number of fused-ring (bicyclic) bond motifs is 1. The molecule has 0 saturated carbocycles. The molecule has 26 heavy (non-hydrogen) atoms. The van der Waals surface area contributed by atoms with Crippen molar-refractivity contribution in [3.8, 4) is 0 Å². The summed E-state index contributed by atoms with van der Waals surface area (Å²) in [6.45, 7) is 0.508. The summed E-state index contributed by atoms with van der Waals surface area (Å²) in [4.78, 5) is 12.7. The fourth-order valence-electron chi connectivity index (χ4n) is 3.21. The summed E-state index contributed by atoms with van der Waals surface area (Å²) in [5.74, 6) is -0.0779. The predicted octanol–water partition coefficient (Wildman–Crippen LogP) is 4.12. The maximum absolute atomic E-state index is 12.7. The normalized spacial score (nSPS) is 11.0. The number of hydrogen-bond donors (Lipinski definition) is 2. The van der Waals surface area contributed by atoms with E-state index in [2.05, 4.69) is 39.8 Å². The lowest BCUT2D eigenvalue weighted by Crippen LogP contribution is -2.29. The van der Waals surface area contributed by atoms with E-state index in [1.54, 1.807) is 0 Å². The molecule has 0 aliphatic heterocycles. The fraction of sp³-hybridized carbons (Fsp3) is 0.0909. The number of carbonyl (C=O) groups is 1. The first-order chi connectivity index (χ1) is 12.8. The van der Waals surface area contributed by atoms with Crippen molar-refractivity contribution in [2.24, 2.45) is 0 Å². The summed E-state index contributed by atoms with van der Waals surface area (Å²) in [6, 6.07) is 28.1. The molecule has 0 aliphatic rings. The van der Waals surface area contributed by atoms with Gasteiger partial charge < -0.3 is 5.32 Å². The Kier molecular flexibility index (Phi) is 4.48. The third-order valence-corrected chi connectivity index (χ3v) is 4.56. The smallest absolute Gasteiger partial charge is 0.272 e. The number of hydrogen-bond acceptors (Lipinski definition) is 2. The van der Waals surface area contributed by atoms with Crippen LogP contribution in [0.1, 0.15) is 27.5 Å². The minimum atomic E-state index is -0.167. The Morgan fingerprint density at radius 3 is 2.08 bits per heavy atom. The zero-order chi connectivity index (χ0) is 17.8. The zero-order valence-corrected chi connectivity index (χ0v) is 14.2. The molecule has 0 aliphatic carbocycles. The molecule has 0 atom stereocenters. The number of H-pyrrole nitrogens is 1. The van der Waals surface area contributed by atoms with E-state index in [0.29, 0.717) is 12.2 Å². The molecule has 128 valence electrons. The van der Waals surface area contributed by atoms with E-state index >= 15 is 0 Å². The molecule has 4 rings (SSSR count). The average Bonchev–Trinajstić information content (AvgIpc) is 3.14. The van der Waals surface area contributed by atoms with Crippen LogP contribution < -0.4 is 5.32 Å². The first-order valence-corrected chi connectivity index (χ1v) is 8.64. The number of aromatic amines is 1. The zero-order valence-electron chi connectivity index (χ0n) is 14.2. The van der Waals surface area contributed by atoms with Crippen LogP contribution in [0, 0.1) is 0 Å².